The van der Waals surface area contributed by atoms with E-state index in [-0.39, 0.29) is 6.04 Å². The lowest BCUT2D eigenvalue weighted by Gasteiger charge is -2.14. The second-order valence-electron chi connectivity index (χ2n) is 4.68. The zero-order chi connectivity index (χ0) is 14.7. The Morgan fingerprint density at radius 3 is 2.90 bits per heavy atom. The summed E-state index contributed by atoms with van der Waals surface area (Å²) in [7, 11) is 0. The molecule has 0 saturated heterocycles. The van der Waals surface area contributed by atoms with Crippen LogP contribution in [0.2, 0.25) is 4.34 Å². The number of furan rings is 1. The van der Waals surface area contributed by atoms with Gasteiger partial charge in [0.2, 0.25) is 0 Å². The van der Waals surface area contributed by atoms with Gasteiger partial charge in [0.25, 0.3) is 0 Å². The highest BCUT2D eigenvalue weighted by atomic mass is 35.5. The van der Waals surface area contributed by atoms with Crippen molar-refractivity contribution in [2.75, 3.05) is 6.54 Å². The molecule has 0 amide bonds. The average molecular weight is 339 g/mol. The molecule has 110 valence electrons. The van der Waals surface area contributed by atoms with Crippen LogP contribution in [0.25, 0.3) is 0 Å². The number of rotatable bonds is 6. The predicted molar refractivity (Wildman–Crippen MR) is 88.4 cm³/mol. The van der Waals surface area contributed by atoms with Crippen molar-refractivity contribution < 1.29 is 4.42 Å². The van der Waals surface area contributed by atoms with E-state index in [2.05, 4.69) is 15.7 Å². The number of nitrogens with one attached hydrogen (secondary N) is 1. The van der Waals surface area contributed by atoms with Crippen LogP contribution in [-0.2, 0) is 6.42 Å². The Balaban J connectivity index is 1.68. The van der Waals surface area contributed by atoms with Crippen molar-refractivity contribution in [1.29, 1.82) is 0 Å². The topological polar surface area (TPSA) is 38.1 Å². The van der Waals surface area contributed by atoms with Crippen LogP contribution in [0.5, 0.6) is 0 Å². The van der Waals surface area contributed by atoms with Gasteiger partial charge in [-0.25, -0.2) is 4.98 Å². The minimum atomic E-state index is 0.0403. The Kier molecular flexibility index (Phi) is 4.75. The smallest absolute Gasteiger partial charge is 0.126 e. The van der Waals surface area contributed by atoms with Gasteiger partial charge in [-0.2, -0.15) is 0 Å². The molecule has 0 spiro atoms. The quantitative estimate of drug-likeness (QED) is 0.709. The molecule has 21 heavy (non-hydrogen) atoms. The van der Waals surface area contributed by atoms with Gasteiger partial charge in [0.1, 0.15) is 11.8 Å². The molecule has 6 heteroatoms. The predicted octanol–water partition coefficient (Wildman–Crippen LogP) is 4.68. The van der Waals surface area contributed by atoms with E-state index in [0.29, 0.717) is 0 Å². The highest BCUT2D eigenvalue weighted by Crippen LogP contribution is 2.31. The molecule has 1 atom stereocenters. The second kappa shape index (κ2) is 6.75. The van der Waals surface area contributed by atoms with E-state index in [1.54, 1.807) is 28.9 Å². The van der Waals surface area contributed by atoms with Crippen LogP contribution in [0.4, 0.5) is 0 Å². The van der Waals surface area contributed by atoms with Gasteiger partial charge in [0.05, 0.1) is 15.6 Å². The third kappa shape index (κ3) is 3.74. The van der Waals surface area contributed by atoms with Crippen molar-refractivity contribution in [3.8, 4) is 0 Å². The molecule has 3 heterocycles. The van der Waals surface area contributed by atoms with Gasteiger partial charge < -0.3 is 9.73 Å². The largest absolute Gasteiger partial charge is 0.467 e. The van der Waals surface area contributed by atoms with Gasteiger partial charge >= 0.3 is 0 Å². The summed E-state index contributed by atoms with van der Waals surface area (Å²) < 4.78 is 6.34. The van der Waals surface area contributed by atoms with Crippen LogP contribution in [0.15, 0.2) is 40.3 Å². The highest BCUT2D eigenvalue weighted by Gasteiger charge is 2.18. The fourth-order valence-electron chi connectivity index (χ4n) is 2.12. The van der Waals surface area contributed by atoms with Crippen molar-refractivity contribution in [3.63, 3.8) is 0 Å². The monoisotopic (exact) mass is 338 g/mol. The molecule has 3 nitrogen and oxygen atoms in total. The normalized spacial score (nSPS) is 12.7. The van der Waals surface area contributed by atoms with Crippen LogP contribution in [0.1, 0.15) is 27.4 Å². The Labute approximate surface area is 136 Å². The molecule has 0 saturated carbocycles. The molecule has 1 unspecified atom stereocenters. The first-order chi connectivity index (χ1) is 10.2. The summed E-state index contributed by atoms with van der Waals surface area (Å²) in [6.07, 6.45) is 2.61. The first kappa shape index (κ1) is 14.8. The summed E-state index contributed by atoms with van der Waals surface area (Å²) in [6, 6.07) is 7.89. The number of aromatic nitrogens is 1. The summed E-state index contributed by atoms with van der Waals surface area (Å²) in [5, 5.41) is 6.77. The van der Waals surface area contributed by atoms with Crippen molar-refractivity contribution >= 4 is 34.3 Å². The SMILES string of the molecule is Cc1csc(CCNC(c2ccco2)c2ccc(Cl)s2)n1. The molecule has 0 radical (unpaired) electrons. The summed E-state index contributed by atoms with van der Waals surface area (Å²) in [4.78, 5) is 5.64. The van der Waals surface area contributed by atoms with Gasteiger partial charge in [0.15, 0.2) is 0 Å². The van der Waals surface area contributed by atoms with E-state index in [1.165, 1.54) is 0 Å². The Bertz CT molecular complexity index is 690. The van der Waals surface area contributed by atoms with Crippen LogP contribution in [-0.4, -0.2) is 11.5 Å². The molecular formula is C15H15ClN2OS2. The lowest BCUT2D eigenvalue weighted by molar-refractivity contribution is 0.451. The number of hydrogen-bond acceptors (Lipinski definition) is 5. The van der Waals surface area contributed by atoms with Crippen molar-refractivity contribution in [3.05, 3.63) is 61.6 Å². The minimum absolute atomic E-state index is 0.0403. The lowest BCUT2D eigenvalue weighted by atomic mass is 10.2. The van der Waals surface area contributed by atoms with Gasteiger partial charge in [-0.1, -0.05) is 11.6 Å². The molecule has 1 N–H and O–H groups in total. The van der Waals surface area contributed by atoms with Crippen molar-refractivity contribution in [2.24, 2.45) is 0 Å². The summed E-state index contributed by atoms with van der Waals surface area (Å²) in [5.41, 5.74) is 1.09. The Hall–Kier alpha value is -1.14. The van der Waals surface area contributed by atoms with Gasteiger partial charge in [-0.3, -0.25) is 0 Å². The summed E-state index contributed by atoms with van der Waals surface area (Å²) in [6.45, 7) is 2.86. The van der Waals surface area contributed by atoms with Gasteiger partial charge in [-0.15, -0.1) is 22.7 Å². The van der Waals surface area contributed by atoms with Crippen LogP contribution >= 0.6 is 34.3 Å². The van der Waals surface area contributed by atoms with Crippen molar-refractivity contribution in [1.82, 2.24) is 10.3 Å². The number of hydrogen-bond donors (Lipinski definition) is 1. The van der Waals surface area contributed by atoms with Crippen molar-refractivity contribution in [2.45, 2.75) is 19.4 Å². The average Bonchev–Trinajstić information content (AvgIpc) is 3.17. The standard InChI is InChI=1S/C15H15ClN2OS2/c1-10-9-20-14(18-10)6-7-17-15(11-3-2-8-19-11)12-4-5-13(16)21-12/h2-5,8-9,15,17H,6-7H2,1H3. The highest BCUT2D eigenvalue weighted by molar-refractivity contribution is 7.16. The minimum Gasteiger partial charge on any atom is -0.467 e. The number of nitrogens with zero attached hydrogens (tertiary/aromatic N) is 1. The Morgan fingerprint density at radius 2 is 2.29 bits per heavy atom. The molecule has 0 aliphatic rings. The maximum Gasteiger partial charge on any atom is 0.126 e. The molecular weight excluding hydrogens is 324 g/mol. The second-order valence-corrected chi connectivity index (χ2v) is 7.37. The molecule has 0 aliphatic heterocycles. The fourth-order valence-corrected chi connectivity index (χ4v) is 4.04. The third-order valence-electron chi connectivity index (χ3n) is 3.06. The molecule has 0 aromatic carbocycles. The summed E-state index contributed by atoms with van der Waals surface area (Å²) >= 11 is 9.33. The van der Waals surface area contributed by atoms with E-state index in [1.807, 2.05) is 31.2 Å². The number of aryl methyl sites for hydroxylation is 1. The molecule has 3 aromatic rings. The number of thiazole rings is 1. The van der Waals surface area contributed by atoms with E-state index >= 15 is 0 Å². The zero-order valence-corrected chi connectivity index (χ0v) is 13.9. The number of halogens is 1. The lowest BCUT2D eigenvalue weighted by Crippen LogP contribution is -2.23. The van der Waals surface area contributed by atoms with Crippen LogP contribution < -0.4 is 5.32 Å². The fraction of sp³-hybridized carbons (Fsp3) is 0.267. The molecule has 0 fully saturated rings. The van der Waals surface area contributed by atoms with E-state index in [9.17, 15) is 0 Å². The molecule has 0 aliphatic carbocycles. The summed E-state index contributed by atoms with van der Waals surface area (Å²) in [5.74, 6) is 0.906. The van der Waals surface area contributed by atoms with E-state index in [0.717, 1.165) is 38.6 Å². The van der Waals surface area contributed by atoms with Gasteiger partial charge in [0, 0.05) is 28.9 Å². The van der Waals surface area contributed by atoms with Crippen LogP contribution in [0.3, 0.4) is 0 Å². The molecule has 3 rings (SSSR count). The maximum absolute atomic E-state index is 6.05. The van der Waals surface area contributed by atoms with Gasteiger partial charge in [-0.05, 0) is 31.2 Å². The number of thiophene rings is 1. The van der Waals surface area contributed by atoms with E-state index < -0.39 is 0 Å². The Morgan fingerprint density at radius 1 is 1.38 bits per heavy atom. The maximum atomic E-state index is 6.05. The molecule has 0 bridgehead atoms. The molecule has 3 aromatic heterocycles. The third-order valence-corrected chi connectivity index (χ3v) is 5.38. The van der Waals surface area contributed by atoms with Crippen LogP contribution in [0, 0.1) is 6.92 Å². The van der Waals surface area contributed by atoms with E-state index in [4.69, 9.17) is 16.0 Å². The first-order valence-corrected chi connectivity index (χ1v) is 8.73. The zero-order valence-electron chi connectivity index (χ0n) is 11.5. The first-order valence-electron chi connectivity index (χ1n) is 6.65.